The van der Waals surface area contributed by atoms with E-state index in [0.29, 0.717) is 13.1 Å². The van der Waals surface area contributed by atoms with Crippen molar-refractivity contribution in [1.82, 2.24) is 10.2 Å². The second-order valence-corrected chi connectivity index (χ2v) is 11.1. The standard InChI is InChI=1S/C19H31N3O2S2/c1-5-20-18(22-11-13-26(23,24)19(3,4)15-22)21-10-12-25-14-17-8-6-16(2)7-9-17/h6-9H,5,10-15H2,1-4H3,(H,20,21). The van der Waals surface area contributed by atoms with Crippen LogP contribution in [0.5, 0.6) is 0 Å². The van der Waals surface area contributed by atoms with E-state index in [0.717, 1.165) is 30.6 Å². The molecule has 1 fully saturated rings. The van der Waals surface area contributed by atoms with Gasteiger partial charge in [0.15, 0.2) is 15.8 Å². The minimum absolute atomic E-state index is 0.187. The van der Waals surface area contributed by atoms with E-state index in [2.05, 4.69) is 41.4 Å². The summed E-state index contributed by atoms with van der Waals surface area (Å²) in [5.74, 6) is 2.94. The highest BCUT2D eigenvalue weighted by molar-refractivity contribution is 7.98. The van der Waals surface area contributed by atoms with Crippen LogP contribution in [-0.4, -0.2) is 61.7 Å². The van der Waals surface area contributed by atoms with Crippen LogP contribution >= 0.6 is 11.8 Å². The lowest BCUT2D eigenvalue weighted by atomic mass is 10.2. The molecule has 5 nitrogen and oxygen atoms in total. The average Bonchev–Trinajstić information content (AvgIpc) is 2.58. The van der Waals surface area contributed by atoms with E-state index < -0.39 is 14.6 Å². The second kappa shape index (κ2) is 9.13. The van der Waals surface area contributed by atoms with Gasteiger partial charge in [0.2, 0.25) is 0 Å². The molecule has 1 aliphatic rings. The molecule has 0 amide bonds. The highest BCUT2D eigenvalue weighted by atomic mass is 32.2. The topological polar surface area (TPSA) is 61.8 Å². The first-order valence-corrected chi connectivity index (χ1v) is 11.9. The van der Waals surface area contributed by atoms with Crippen molar-refractivity contribution in [2.45, 2.75) is 38.2 Å². The third-order valence-corrected chi connectivity index (χ3v) is 8.11. The summed E-state index contributed by atoms with van der Waals surface area (Å²) < 4.78 is 23.7. The first-order valence-electron chi connectivity index (χ1n) is 9.14. The molecule has 1 saturated heterocycles. The molecule has 7 heteroatoms. The fourth-order valence-corrected chi connectivity index (χ4v) is 5.00. The number of guanidine groups is 1. The normalized spacial score (nSPS) is 19.4. The Hall–Kier alpha value is -1.21. The van der Waals surface area contributed by atoms with Crippen LogP contribution in [-0.2, 0) is 15.6 Å². The van der Waals surface area contributed by atoms with E-state index >= 15 is 0 Å². The number of nitrogens with zero attached hydrogens (tertiary/aromatic N) is 2. The van der Waals surface area contributed by atoms with Crippen molar-refractivity contribution in [3.63, 3.8) is 0 Å². The zero-order chi connectivity index (χ0) is 19.2. The van der Waals surface area contributed by atoms with Gasteiger partial charge in [0.1, 0.15) is 0 Å². The Morgan fingerprint density at radius 3 is 2.62 bits per heavy atom. The monoisotopic (exact) mass is 397 g/mol. The fraction of sp³-hybridized carbons (Fsp3) is 0.632. The van der Waals surface area contributed by atoms with Gasteiger partial charge in [-0.25, -0.2) is 8.42 Å². The number of aryl methyl sites for hydroxylation is 1. The highest BCUT2D eigenvalue weighted by Crippen LogP contribution is 2.23. The smallest absolute Gasteiger partial charge is 0.194 e. The van der Waals surface area contributed by atoms with Crippen LogP contribution in [0, 0.1) is 6.92 Å². The van der Waals surface area contributed by atoms with Gasteiger partial charge in [0.25, 0.3) is 0 Å². The Bertz CT molecular complexity index is 713. The van der Waals surface area contributed by atoms with Crippen LogP contribution in [0.4, 0.5) is 0 Å². The van der Waals surface area contributed by atoms with Crippen LogP contribution < -0.4 is 5.32 Å². The Morgan fingerprint density at radius 1 is 1.31 bits per heavy atom. The highest BCUT2D eigenvalue weighted by Gasteiger charge is 2.40. The molecule has 1 heterocycles. The van der Waals surface area contributed by atoms with E-state index in [9.17, 15) is 8.42 Å². The van der Waals surface area contributed by atoms with Crippen LogP contribution in [0.15, 0.2) is 29.3 Å². The van der Waals surface area contributed by atoms with Gasteiger partial charge in [-0.05, 0) is 33.3 Å². The Morgan fingerprint density at radius 2 is 2.00 bits per heavy atom. The second-order valence-electron chi connectivity index (χ2n) is 7.27. The lowest BCUT2D eigenvalue weighted by Crippen LogP contribution is -2.57. The number of thioether (sulfide) groups is 1. The van der Waals surface area contributed by atoms with Crippen molar-refractivity contribution in [2.24, 2.45) is 4.99 Å². The predicted octanol–water partition coefficient (Wildman–Crippen LogP) is 2.70. The molecule has 1 aromatic rings. The van der Waals surface area contributed by atoms with Gasteiger partial charge in [-0.15, -0.1) is 0 Å². The van der Waals surface area contributed by atoms with Crippen molar-refractivity contribution >= 4 is 27.6 Å². The molecule has 1 aliphatic heterocycles. The van der Waals surface area contributed by atoms with Gasteiger partial charge in [0.05, 0.1) is 17.0 Å². The summed E-state index contributed by atoms with van der Waals surface area (Å²) in [6, 6.07) is 8.63. The SMILES string of the molecule is CCNC(=NCCSCc1ccc(C)cc1)N1CCS(=O)(=O)C(C)(C)C1. The number of aliphatic imine (C=N–C) groups is 1. The zero-order valence-electron chi connectivity index (χ0n) is 16.3. The quantitative estimate of drug-likeness (QED) is 0.454. The minimum atomic E-state index is -3.03. The van der Waals surface area contributed by atoms with Crippen LogP contribution in [0.25, 0.3) is 0 Å². The fourth-order valence-electron chi connectivity index (χ4n) is 2.84. The van der Waals surface area contributed by atoms with Crippen molar-refractivity contribution in [1.29, 1.82) is 0 Å². The lowest BCUT2D eigenvalue weighted by molar-refractivity contribution is 0.353. The molecule has 0 bridgehead atoms. The number of sulfone groups is 1. The molecule has 0 unspecified atom stereocenters. The molecule has 0 aromatic heterocycles. The van der Waals surface area contributed by atoms with Gasteiger partial charge in [-0.3, -0.25) is 4.99 Å². The Kier molecular flexibility index (Phi) is 7.41. The molecule has 0 atom stereocenters. The van der Waals surface area contributed by atoms with Crippen LogP contribution in [0.3, 0.4) is 0 Å². The van der Waals surface area contributed by atoms with Crippen molar-refractivity contribution in [2.75, 3.05) is 37.7 Å². The summed E-state index contributed by atoms with van der Waals surface area (Å²) in [4.78, 5) is 6.79. The van der Waals surface area contributed by atoms with E-state index in [1.807, 2.05) is 18.7 Å². The maximum absolute atomic E-state index is 12.2. The van der Waals surface area contributed by atoms with Gasteiger partial charge in [-0.2, -0.15) is 11.8 Å². The molecule has 1 aromatic carbocycles. The average molecular weight is 398 g/mol. The molecule has 26 heavy (non-hydrogen) atoms. The first-order chi connectivity index (χ1) is 12.2. The Balaban J connectivity index is 1.87. The van der Waals surface area contributed by atoms with Gasteiger partial charge < -0.3 is 10.2 Å². The van der Waals surface area contributed by atoms with Gasteiger partial charge in [-0.1, -0.05) is 29.8 Å². The van der Waals surface area contributed by atoms with Crippen molar-refractivity contribution < 1.29 is 8.42 Å². The molecule has 146 valence electrons. The van der Waals surface area contributed by atoms with Crippen molar-refractivity contribution in [3.05, 3.63) is 35.4 Å². The largest absolute Gasteiger partial charge is 0.357 e. The Labute approximate surface area is 162 Å². The minimum Gasteiger partial charge on any atom is -0.357 e. The molecule has 0 spiro atoms. The van der Waals surface area contributed by atoms with Crippen molar-refractivity contribution in [3.8, 4) is 0 Å². The molecular weight excluding hydrogens is 366 g/mol. The third kappa shape index (κ3) is 5.64. The van der Waals surface area contributed by atoms with Crippen LogP contribution in [0.1, 0.15) is 31.9 Å². The number of nitrogens with one attached hydrogen (secondary N) is 1. The molecule has 1 N–H and O–H groups in total. The number of rotatable bonds is 6. The van der Waals surface area contributed by atoms with Gasteiger partial charge in [0, 0.05) is 31.1 Å². The number of hydrogen-bond donors (Lipinski definition) is 1. The summed E-state index contributed by atoms with van der Waals surface area (Å²) >= 11 is 1.87. The third-order valence-electron chi connectivity index (χ3n) is 4.56. The lowest BCUT2D eigenvalue weighted by Gasteiger charge is -2.39. The summed E-state index contributed by atoms with van der Waals surface area (Å²) in [5.41, 5.74) is 2.62. The predicted molar refractivity (Wildman–Crippen MR) is 113 cm³/mol. The zero-order valence-corrected chi connectivity index (χ0v) is 17.9. The summed E-state index contributed by atoms with van der Waals surface area (Å²) in [6.45, 7) is 10.2. The number of benzene rings is 1. The van der Waals surface area contributed by atoms with Gasteiger partial charge >= 0.3 is 0 Å². The van der Waals surface area contributed by atoms with E-state index in [4.69, 9.17) is 4.99 Å². The molecule has 0 saturated carbocycles. The van der Waals surface area contributed by atoms with Crippen LogP contribution in [0.2, 0.25) is 0 Å². The maximum Gasteiger partial charge on any atom is 0.194 e. The van der Waals surface area contributed by atoms with E-state index in [1.54, 1.807) is 13.8 Å². The summed E-state index contributed by atoms with van der Waals surface area (Å²) in [5, 5.41) is 3.30. The van der Waals surface area contributed by atoms with E-state index in [-0.39, 0.29) is 5.75 Å². The number of hydrogen-bond acceptors (Lipinski definition) is 4. The molecule has 0 radical (unpaired) electrons. The molecule has 0 aliphatic carbocycles. The first kappa shape index (κ1) is 21.1. The maximum atomic E-state index is 12.2. The summed E-state index contributed by atoms with van der Waals surface area (Å²) in [6.07, 6.45) is 0. The van der Waals surface area contributed by atoms with E-state index in [1.165, 1.54) is 11.1 Å². The molecule has 2 rings (SSSR count). The molecular formula is C19H31N3O2S2. The summed E-state index contributed by atoms with van der Waals surface area (Å²) in [7, 11) is -3.03.